The molecule has 1 heterocycles. The van der Waals surface area contributed by atoms with Crippen LogP contribution in [0.3, 0.4) is 0 Å². The number of hydrogen-bond donors (Lipinski definition) is 1. The van der Waals surface area contributed by atoms with Crippen LogP contribution in [-0.2, 0) is 16.0 Å². The molecule has 3 rings (SSSR count). The van der Waals surface area contributed by atoms with Gasteiger partial charge in [0.15, 0.2) is 0 Å². The fraction of sp³-hybridized carbons (Fsp3) is 0.421. The zero-order valence-electron chi connectivity index (χ0n) is 13.3. The largest absolute Gasteiger partial charge is 0.468 e. The minimum absolute atomic E-state index is 0.194. The maximum absolute atomic E-state index is 12.8. The highest BCUT2D eigenvalue weighted by Gasteiger charge is 2.42. The van der Waals surface area contributed by atoms with E-state index in [0.717, 1.165) is 42.9 Å². The Morgan fingerprint density at radius 3 is 2.61 bits per heavy atom. The van der Waals surface area contributed by atoms with Crippen LogP contribution in [0.15, 0.2) is 53.1 Å². The first-order valence-corrected chi connectivity index (χ1v) is 9.41. The topological polar surface area (TPSA) is 42.2 Å². The van der Waals surface area contributed by atoms with E-state index in [9.17, 15) is 4.79 Å². The first-order chi connectivity index (χ1) is 11.3. The maximum atomic E-state index is 12.8. The molecule has 0 saturated heterocycles. The van der Waals surface area contributed by atoms with E-state index >= 15 is 0 Å². The molecule has 0 unspecified atom stereocenters. The Labute approximate surface area is 141 Å². The maximum Gasteiger partial charge on any atom is 0.230 e. The summed E-state index contributed by atoms with van der Waals surface area (Å²) < 4.78 is 5.31. The fourth-order valence-corrected chi connectivity index (χ4v) is 4.11. The third-order valence-electron chi connectivity index (χ3n) is 4.57. The van der Waals surface area contributed by atoms with Gasteiger partial charge in [0.25, 0.3) is 0 Å². The number of thioether (sulfide) groups is 1. The van der Waals surface area contributed by atoms with Gasteiger partial charge in [0.1, 0.15) is 5.76 Å². The molecule has 0 atom stereocenters. The standard InChI is InChI=1S/C19H23NO2S/c21-18(20-12-14-23-15-17-9-6-13-22-17)19(10-4-5-11-19)16-7-2-1-3-8-16/h1-3,6-9,13H,4-5,10-12,14-15H2,(H,20,21). The van der Waals surface area contributed by atoms with E-state index in [0.29, 0.717) is 6.54 Å². The lowest BCUT2D eigenvalue weighted by molar-refractivity contribution is -0.126. The van der Waals surface area contributed by atoms with Crippen molar-refractivity contribution in [1.29, 1.82) is 0 Å². The number of hydrogen-bond acceptors (Lipinski definition) is 3. The molecule has 1 aromatic carbocycles. The van der Waals surface area contributed by atoms with Crippen molar-refractivity contribution in [3.8, 4) is 0 Å². The van der Waals surface area contributed by atoms with Gasteiger partial charge in [-0.05, 0) is 30.5 Å². The molecule has 1 saturated carbocycles. The molecule has 122 valence electrons. The summed E-state index contributed by atoms with van der Waals surface area (Å²) >= 11 is 1.78. The Hall–Kier alpha value is -1.68. The number of furan rings is 1. The van der Waals surface area contributed by atoms with Gasteiger partial charge in [-0.3, -0.25) is 4.79 Å². The molecule has 1 aliphatic rings. The molecule has 1 fully saturated rings. The van der Waals surface area contributed by atoms with Gasteiger partial charge in [0.2, 0.25) is 5.91 Å². The van der Waals surface area contributed by atoms with Crippen LogP contribution >= 0.6 is 11.8 Å². The van der Waals surface area contributed by atoms with E-state index in [-0.39, 0.29) is 11.3 Å². The van der Waals surface area contributed by atoms with E-state index in [1.54, 1.807) is 18.0 Å². The Balaban J connectivity index is 1.51. The normalized spacial score (nSPS) is 16.3. The van der Waals surface area contributed by atoms with Gasteiger partial charge in [-0.15, -0.1) is 0 Å². The van der Waals surface area contributed by atoms with E-state index in [1.807, 2.05) is 30.3 Å². The number of amides is 1. The molecular weight excluding hydrogens is 306 g/mol. The Bertz CT molecular complexity index is 604. The average Bonchev–Trinajstić information content (AvgIpc) is 3.27. The van der Waals surface area contributed by atoms with Crippen molar-refractivity contribution in [2.75, 3.05) is 12.3 Å². The van der Waals surface area contributed by atoms with Crippen LogP contribution in [0.1, 0.15) is 37.0 Å². The second kappa shape index (κ2) is 7.73. The van der Waals surface area contributed by atoms with E-state index < -0.39 is 0 Å². The summed E-state index contributed by atoms with van der Waals surface area (Å²) in [7, 11) is 0. The van der Waals surface area contributed by atoms with Crippen molar-refractivity contribution in [2.45, 2.75) is 36.9 Å². The minimum Gasteiger partial charge on any atom is -0.468 e. The van der Waals surface area contributed by atoms with Crippen LogP contribution in [0, 0.1) is 0 Å². The van der Waals surface area contributed by atoms with Crippen LogP contribution in [0.2, 0.25) is 0 Å². The van der Waals surface area contributed by atoms with Crippen molar-refractivity contribution in [1.82, 2.24) is 5.32 Å². The van der Waals surface area contributed by atoms with Crippen molar-refractivity contribution < 1.29 is 9.21 Å². The lowest BCUT2D eigenvalue weighted by Crippen LogP contribution is -2.43. The molecule has 1 aromatic heterocycles. The molecule has 0 aliphatic heterocycles. The molecule has 1 amide bonds. The number of benzene rings is 1. The molecule has 0 spiro atoms. The Kier molecular flexibility index (Phi) is 5.44. The summed E-state index contributed by atoms with van der Waals surface area (Å²) in [6.45, 7) is 0.707. The zero-order valence-corrected chi connectivity index (χ0v) is 14.1. The zero-order chi connectivity index (χ0) is 16.0. The van der Waals surface area contributed by atoms with Crippen molar-refractivity contribution in [3.05, 3.63) is 60.1 Å². The Morgan fingerprint density at radius 1 is 1.13 bits per heavy atom. The van der Waals surface area contributed by atoms with Gasteiger partial charge in [0, 0.05) is 12.3 Å². The Morgan fingerprint density at radius 2 is 1.91 bits per heavy atom. The van der Waals surface area contributed by atoms with Gasteiger partial charge in [-0.25, -0.2) is 0 Å². The third-order valence-corrected chi connectivity index (χ3v) is 5.56. The predicted molar refractivity (Wildman–Crippen MR) is 94.5 cm³/mol. The SMILES string of the molecule is O=C(NCCSCc1ccco1)C1(c2ccccc2)CCCC1. The highest BCUT2D eigenvalue weighted by atomic mass is 32.2. The van der Waals surface area contributed by atoms with Crippen molar-refractivity contribution >= 4 is 17.7 Å². The molecule has 4 heteroatoms. The molecule has 2 aromatic rings. The smallest absolute Gasteiger partial charge is 0.230 e. The van der Waals surface area contributed by atoms with Crippen LogP contribution in [0.5, 0.6) is 0 Å². The van der Waals surface area contributed by atoms with E-state index in [4.69, 9.17) is 4.42 Å². The number of carbonyl (C=O) groups is 1. The molecule has 1 aliphatic carbocycles. The number of nitrogens with one attached hydrogen (secondary N) is 1. The summed E-state index contributed by atoms with van der Waals surface area (Å²) in [6, 6.07) is 14.1. The van der Waals surface area contributed by atoms with Gasteiger partial charge < -0.3 is 9.73 Å². The lowest BCUT2D eigenvalue weighted by atomic mass is 9.78. The predicted octanol–water partition coefficient (Wildman–Crippen LogP) is 4.14. The van der Waals surface area contributed by atoms with Crippen LogP contribution in [0.25, 0.3) is 0 Å². The van der Waals surface area contributed by atoms with E-state index in [1.165, 1.54) is 5.56 Å². The molecule has 0 radical (unpaired) electrons. The van der Waals surface area contributed by atoms with Crippen molar-refractivity contribution in [3.63, 3.8) is 0 Å². The molecular formula is C19H23NO2S. The second-order valence-corrected chi connectivity index (χ2v) is 7.15. The van der Waals surface area contributed by atoms with Gasteiger partial charge in [-0.1, -0.05) is 43.2 Å². The van der Waals surface area contributed by atoms with Gasteiger partial charge >= 0.3 is 0 Å². The van der Waals surface area contributed by atoms with Crippen LogP contribution < -0.4 is 5.32 Å². The quantitative estimate of drug-likeness (QED) is 0.776. The first-order valence-electron chi connectivity index (χ1n) is 8.25. The number of carbonyl (C=O) groups excluding carboxylic acids is 1. The van der Waals surface area contributed by atoms with E-state index in [2.05, 4.69) is 17.4 Å². The highest BCUT2D eigenvalue weighted by Crippen LogP contribution is 2.41. The van der Waals surface area contributed by atoms with Gasteiger partial charge in [-0.2, -0.15) is 11.8 Å². The third kappa shape index (κ3) is 3.81. The molecule has 1 N–H and O–H groups in total. The van der Waals surface area contributed by atoms with Crippen molar-refractivity contribution in [2.24, 2.45) is 0 Å². The number of rotatable bonds is 7. The monoisotopic (exact) mass is 329 g/mol. The summed E-state index contributed by atoms with van der Waals surface area (Å²) in [4.78, 5) is 12.8. The minimum atomic E-state index is -0.313. The highest BCUT2D eigenvalue weighted by molar-refractivity contribution is 7.98. The van der Waals surface area contributed by atoms with Crippen LogP contribution in [-0.4, -0.2) is 18.2 Å². The molecule has 0 bridgehead atoms. The van der Waals surface area contributed by atoms with Gasteiger partial charge in [0.05, 0.1) is 17.4 Å². The fourth-order valence-electron chi connectivity index (χ4n) is 3.36. The molecule has 23 heavy (non-hydrogen) atoms. The second-order valence-electron chi connectivity index (χ2n) is 6.04. The summed E-state index contributed by atoms with van der Waals surface area (Å²) in [5.74, 6) is 2.93. The average molecular weight is 329 g/mol. The van der Waals surface area contributed by atoms with Crippen LogP contribution in [0.4, 0.5) is 0 Å². The first kappa shape index (κ1) is 16.2. The lowest BCUT2D eigenvalue weighted by Gasteiger charge is -2.28. The summed E-state index contributed by atoms with van der Waals surface area (Å²) in [5.41, 5.74) is 0.852. The summed E-state index contributed by atoms with van der Waals surface area (Å²) in [6.07, 6.45) is 5.89. The molecule has 3 nitrogen and oxygen atoms in total. The summed E-state index contributed by atoms with van der Waals surface area (Å²) in [5, 5.41) is 3.15.